The van der Waals surface area contributed by atoms with Crippen molar-refractivity contribution in [2.75, 3.05) is 11.9 Å². The number of anilines is 1. The lowest BCUT2D eigenvalue weighted by molar-refractivity contribution is 0.0504. The van der Waals surface area contributed by atoms with Gasteiger partial charge in [0.25, 0.3) is 0 Å². The van der Waals surface area contributed by atoms with Gasteiger partial charge in [0.1, 0.15) is 5.60 Å². The van der Waals surface area contributed by atoms with Crippen molar-refractivity contribution < 1.29 is 14.3 Å². The molecule has 2 aromatic rings. The van der Waals surface area contributed by atoms with E-state index in [-0.39, 0.29) is 11.8 Å². The van der Waals surface area contributed by atoms with E-state index >= 15 is 0 Å². The predicted molar refractivity (Wildman–Crippen MR) is 108 cm³/mol. The van der Waals surface area contributed by atoms with Gasteiger partial charge in [-0.05, 0) is 58.2 Å². The molecule has 6 nitrogen and oxygen atoms in total. The van der Waals surface area contributed by atoms with Crippen molar-refractivity contribution in [2.45, 2.75) is 65.6 Å². The Balaban J connectivity index is 1.93. The Morgan fingerprint density at radius 1 is 1.33 bits per heavy atom. The summed E-state index contributed by atoms with van der Waals surface area (Å²) in [5.41, 5.74) is 3.59. The Hall–Kier alpha value is -2.50. The minimum atomic E-state index is -0.542. The Kier molecular flexibility index (Phi) is 5.18. The second-order valence-electron chi connectivity index (χ2n) is 8.30. The van der Waals surface area contributed by atoms with Crippen LogP contribution < -0.4 is 10.6 Å². The van der Waals surface area contributed by atoms with E-state index in [4.69, 9.17) is 4.74 Å². The Labute approximate surface area is 160 Å². The first-order chi connectivity index (χ1) is 12.7. The molecule has 6 heteroatoms. The molecule has 0 radical (unpaired) electrons. The van der Waals surface area contributed by atoms with Gasteiger partial charge < -0.3 is 19.9 Å². The molecule has 1 aliphatic rings. The fraction of sp³-hybridized carbons (Fsp3) is 0.524. The third-order valence-electron chi connectivity index (χ3n) is 4.67. The first-order valence-corrected chi connectivity index (χ1v) is 9.55. The molecular weight excluding hydrogens is 342 g/mol. The summed E-state index contributed by atoms with van der Waals surface area (Å²) in [5.74, 6) is 0.0215. The molecule has 0 aliphatic carbocycles. The topological polar surface area (TPSA) is 72.4 Å². The van der Waals surface area contributed by atoms with Gasteiger partial charge in [0.15, 0.2) is 5.78 Å². The van der Waals surface area contributed by atoms with Crippen LogP contribution in [-0.4, -0.2) is 34.6 Å². The fourth-order valence-electron chi connectivity index (χ4n) is 3.65. The summed E-state index contributed by atoms with van der Waals surface area (Å²) in [6.45, 7) is 10.5. The number of aromatic nitrogens is 1. The van der Waals surface area contributed by atoms with Gasteiger partial charge in [-0.1, -0.05) is 6.07 Å². The van der Waals surface area contributed by atoms with E-state index in [0.29, 0.717) is 12.2 Å². The van der Waals surface area contributed by atoms with Crippen molar-refractivity contribution in [1.82, 2.24) is 9.88 Å². The number of aryl methyl sites for hydroxylation is 1. The number of alkyl carbamates (subject to hydrolysis) is 1. The average Bonchev–Trinajstić information content (AvgIpc) is 2.92. The highest BCUT2D eigenvalue weighted by molar-refractivity contribution is 6.00. The van der Waals surface area contributed by atoms with Gasteiger partial charge in [-0.25, -0.2) is 4.79 Å². The molecule has 1 aliphatic heterocycles. The standard InChI is InChI=1S/C21H29N3O3/c1-13(23-20(26)27-21(3,4)5)12-24-18(14(2)25)11-15-8-9-17-16(19(15)24)7-6-10-22-17/h8-9,11,13,22H,6-7,10,12H2,1-5H3,(H,23,26). The van der Waals surface area contributed by atoms with E-state index in [1.807, 2.05) is 38.3 Å². The van der Waals surface area contributed by atoms with Gasteiger partial charge >= 0.3 is 6.09 Å². The number of nitrogens with one attached hydrogen (secondary N) is 2. The smallest absolute Gasteiger partial charge is 0.407 e. The molecule has 1 amide bonds. The monoisotopic (exact) mass is 371 g/mol. The first-order valence-electron chi connectivity index (χ1n) is 9.55. The lowest BCUT2D eigenvalue weighted by atomic mass is 10.0. The molecule has 27 heavy (non-hydrogen) atoms. The zero-order valence-electron chi connectivity index (χ0n) is 16.8. The molecule has 0 saturated carbocycles. The van der Waals surface area contributed by atoms with Gasteiger partial charge in [-0.15, -0.1) is 0 Å². The number of benzene rings is 1. The highest BCUT2D eigenvalue weighted by Crippen LogP contribution is 2.32. The number of ether oxygens (including phenoxy) is 1. The molecule has 0 spiro atoms. The number of hydrogen-bond donors (Lipinski definition) is 2. The maximum Gasteiger partial charge on any atom is 0.407 e. The van der Waals surface area contributed by atoms with E-state index in [0.717, 1.165) is 36.0 Å². The van der Waals surface area contributed by atoms with Crippen molar-refractivity contribution in [3.63, 3.8) is 0 Å². The van der Waals surface area contributed by atoms with Crippen LogP contribution in [-0.2, 0) is 17.7 Å². The molecule has 2 heterocycles. The summed E-state index contributed by atoms with van der Waals surface area (Å²) in [7, 11) is 0. The second kappa shape index (κ2) is 7.25. The van der Waals surface area contributed by atoms with Crippen LogP contribution >= 0.6 is 0 Å². The Morgan fingerprint density at radius 2 is 2.07 bits per heavy atom. The van der Waals surface area contributed by atoms with Crippen molar-refractivity contribution in [1.29, 1.82) is 0 Å². The van der Waals surface area contributed by atoms with Gasteiger partial charge in [0, 0.05) is 37.1 Å². The third kappa shape index (κ3) is 4.26. The van der Waals surface area contributed by atoms with Crippen LogP contribution in [0.3, 0.4) is 0 Å². The lowest BCUT2D eigenvalue weighted by Crippen LogP contribution is -2.40. The van der Waals surface area contributed by atoms with Gasteiger partial charge in [0.2, 0.25) is 0 Å². The fourth-order valence-corrected chi connectivity index (χ4v) is 3.65. The van der Waals surface area contributed by atoms with Crippen LogP contribution in [0.25, 0.3) is 10.9 Å². The molecule has 3 rings (SSSR count). The Bertz CT molecular complexity index is 877. The van der Waals surface area contributed by atoms with Crippen LogP contribution in [0.4, 0.5) is 10.5 Å². The molecule has 0 saturated heterocycles. The number of amides is 1. The number of hydrogen-bond acceptors (Lipinski definition) is 4. The Morgan fingerprint density at radius 3 is 2.74 bits per heavy atom. The predicted octanol–water partition coefficient (Wildman–Crippen LogP) is 4.12. The number of fused-ring (bicyclic) bond motifs is 3. The summed E-state index contributed by atoms with van der Waals surface area (Å²) in [4.78, 5) is 24.3. The summed E-state index contributed by atoms with van der Waals surface area (Å²) >= 11 is 0. The van der Waals surface area contributed by atoms with Gasteiger partial charge in [0.05, 0.1) is 11.2 Å². The highest BCUT2D eigenvalue weighted by Gasteiger charge is 2.22. The number of carbonyl (C=O) groups excluding carboxylic acids is 2. The molecule has 1 aromatic heterocycles. The minimum Gasteiger partial charge on any atom is -0.444 e. The summed E-state index contributed by atoms with van der Waals surface area (Å²) in [6.07, 6.45) is 1.60. The normalized spacial score (nSPS) is 15.0. The van der Waals surface area contributed by atoms with E-state index in [1.54, 1.807) is 6.92 Å². The van der Waals surface area contributed by atoms with Gasteiger partial charge in [-0.3, -0.25) is 4.79 Å². The number of ketones is 1. The van der Waals surface area contributed by atoms with E-state index in [9.17, 15) is 9.59 Å². The number of nitrogens with zero attached hydrogens (tertiary/aromatic N) is 1. The van der Waals surface area contributed by atoms with E-state index in [1.165, 1.54) is 5.56 Å². The van der Waals surface area contributed by atoms with Crippen molar-refractivity contribution in [3.8, 4) is 0 Å². The maximum atomic E-state index is 12.2. The van der Waals surface area contributed by atoms with Crippen molar-refractivity contribution in [2.24, 2.45) is 0 Å². The molecular formula is C21H29N3O3. The molecule has 2 N–H and O–H groups in total. The molecule has 1 unspecified atom stereocenters. The van der Waals surface area contributed by atoms with Crippen molar-refractivity contribution in [3.05, 3.63) is 29.5 Å². The number of carbonyl (C=O) groups is 2. The average molecular weight is 371 g/mol. The van der Waals surface area contributed by atoms with Crippen LogP contribution in [0.15, 0.2) is 18.2 Å². The molecule has 0 bridgehead atoms. The molecule has 1 atom stereocenters. The number of rotatable bonds is 4. The minimum absolute atomic E-state index is 0.0215. The lowest BCUT2D eigenvalue weighted by Gasteiger charge is -2.24. The van der Waals surface area contributed by atoms with Crippen LogP contribution in [0, 0.1) is 0 Å². The zero-order valence-corrected chi connectivity index (χ0v) is 16.8. The van der Waals surface area contributed by atoms with Crippen molar-refractivity contribution >= 4 is 28.5 Å². The highest BCUT2D eigenvalue weighted by atomic mass is 16.6. The quantitative estimate of drug-likeness (QED) is 0.793. The molecule has 0 fully saturated rings. The second-order valence-corrected chi connectivity index (χ2v) is 8.30. The molecule has 146 valence electrons. The SMILES string of the molecule is CC(=O)c1cc2ccc3c(c2n1CC(C)NC(=O)OC(C)(C)C)CCCN3. The van der Waals surface area contributed by atoms with E-state index in [2.05, 4.69) is 22.8 Å². The van der Waals surface area contributed by atoms with Crippen LogP contribution in [0.5, 0.6) is 0 Å². The number of Topliss-reactive ketones (excluding diaryl/α,β-unsaturated/α-hetero) is 1. The summed E-state index contributed by atoms with van der Waals surface area (Å²) in [5, 5.41) is 7.38. The third-order valence-corrected chi connectivity index (χ3v) is 4.67. The summed E-state index contributed by atoms with van der Waals surface area (Å²) in [6, 6.07) is 5.92. The van der Waals surface area contributed by atoms with Crippen LogP contribution in [0.1, 0.15) is 57.1 Å². The van der Waals surface area contributed by atoms with Crippen LogP contribution in [0.2, 0.25) is 0 Å². The largest absolute Gasteiger partial charge is 0.444 e. The maximum absolute atomic E-state index is 12.2. The van der Waals surface area contributed by atoms with Gasteiger partial charge in [-0.2, -0.15) is 0 Å². The summed E-state index contributed by atoms with van der Waals surface area (Å²) < 4.78 is 7.39. The van der Waals surface area contributed by atoms with E-state index < -0.39 is 11.7 Å². The zero-order chi connectivity index (χ0) is 19.8. The first kappa shape index (κ1) is 19.3. The molecule has 1 aromatic carbocycles.